The van der Waals surface area contributed by atoms with E-state index in [1.807, 2.05) is 7.05 Å². The zero-order valence-electron chi connectivity index (χ0n) is 9.33. The molecule has 1 N–H and O–H groups in total. The zero-order chi connectivity index (χ0) is 10.5. The SMILES string of the molecule is CNCCc1ccc(C2CCCO2)cc1. The van der Waals surface area contributed by atoms with E-state index in [0.29, 0.717) is 6.10 Å². The molecule has 0 amide bonds. The highest BCUT2D eigenvalue weighted by molar-refractivity contribution is 5.24. The number of likely N-dealkylation sites (N-methyl/N-ethyl adjacent to an activating group) is 1. The maximum atomic E-state index is 5.65. The van der Waals surface area contributed by atoms with Gasteiger partial charge in [-0.1, -0.05) is 24.3 Å². The van der Waals surface area contributed by atoms with E-state index in [1.54, 1.807) is 0 Å². The van der Waals surface area contributed by atoms with Crippen LogP contribution in [0.3, 0.4) is 0 Å². The number of hydrogen-bond donors (Lipinski definition) is 1. The fraction of sp³-hybridized carbons (Fsp3) is 0.538. The normalized spacial score (nSPS) is 20.7. The van der Waals surface area contributed by atoms with E-state index in [4.69, 9.17) is 4.74 Å². The second kappa shape index (κ2) is 5.29. The molecule has 2 rings (SSSR count). The van der Waals surface area contributed by atoms with E-state index >= 15 is 0 Å². The second-order valence-corrected chi connectivity index (χ2v) is 4.10. The molecule has 1 aromatic carbocycles. The van der Waals surface area contributed by atoms with Crippen LogP contribution in [0.15, 0.2) is 24.3 Å². The minimum atomic E-state index is 0.350. The lowest BCUT2D eigenvalue weighted by atomic mass is 10.0. The highest BCUT2D eigenvalue weighted by Gasteiger charge is 2.16. The Hall–Kier alpha value is -0.860. The van der Waals surface area contributed by atoms with Gasteiger partial charge in [-0.05, 0) is 44.0 Å². The topological polar surface area (TPSA) is 21.3 Å². The van der Waals surface area contributed by atoms with E-state index in [9.17, 15) is 0 Å². The average Bonchev–Trinajstić information content (AvgIpc) is 2.80. The molecule has 0 radical (unpaired) electrons. The molecule has 82 valence electrons. The van der Waals surface area contributed by atoms with Crippen molar-refractivity contribution >= 4 is 0 Å². The van der Waals surface area contributed by atoms with Gasteiger partial charge in [0.1, 0.15) is 0 Å². The third kappa shape index (κ3) is 2.80. The summed E-state index contributed by atoms with van der Waals surface area (Å²) < 4.78 is 5.65. The molecule has 0 bridgehead atoms. The Morgan fingerprint density at radius 1 is 1.33 bits per heavy atom. The standard InChI is InChI=1S/C13H19NO/c1-14-9-8-11-4-6-12(7-5-11)13-3-2-10-15-13/h4-7,13-14H,2-3,8-10H2,1H3. The summed E-state index contributed by atoms with van der Waals surface area (Å²) in [6, 6.07) is 8.85. The van der Waals surface area contributed by atoms with Crippen LogP contribution in [-0.2, 0) is 11.2 Å². The van der Waals surface area contributed by atoms with Crippen molar-refractivity contribution in [2.24, 2.45) is 0 Å². The third-order valence-electron chi connectivity index (χ3n) is 2.94. The molecule has 1 atom stereocenters. The lowest BCUT2D eigenvalue weighted by molar-refractivity contribution is 0.112. The van der Waals surface area contributed by atoms with Crippen LogP contribution in [0.1, 0.15) is 30.1 Å². The Morgan fingerprint density at radius 3 is 2.73 bits per heavy atom. The molecule has 1 aliphatic heterocycles. The molecule has 1 heterocycles. The van der Waals surface area contributed by atoms with Gasteiger partial charge < -0.3 is 10.1 Å². The number of rotatable bonds is 4. The van der Waals surface area contributed by atoms with E-state index in [-0.39, 0.29) is 0 Å². The van der Waals surface area contributed by atoms with Gasteiger partial charge in [0, 0.05) is 6.61 Å². The molecule has 1 saturated heterocycles. The van der Waals surface area contributed by atoms with Crippen molar-refractivity contribution in [3.05, 3.63) is 35.4 Å². The maximum Gasteiger partial charge on any atom is 0.0825 e. The number of nitrogens with one attached hydrogen (secondary N) is 1. The van der Waals surface area contributed by atoms with Gasteiger partial charge in [0.05, 0.1) is 6.10 Å². The summed E-state index contributed by atoms with van der Waals surface area (Å²) in [6.07, 6.45) is 3.83. The molecule has 0 saturated carbocycles. The highest BCUT2D eigenvalue weighted by Crippen LogP contribution is 2.28. The van der Waals surface area contributed by atoms with Gasteiger partial charge in [0.15, 0.2) is 0 Å². The summed E-state index contributed by atoms with van der Waals surface area (Å²) in [5.41, 5.74) is 2.73. The van der Waals surface area contributed by atoms with Crippen LogP contribution >= 0.6 is 0 Å². The van der Waals surface area contributed by atoms with E-state index in [1.165, 1.54) is 24.0 Å². The van der Waals surface area contributed by atoms with Gasteiger partial charge in [-0.2, -0.15) is 0 Å². The lowest BCUT2D eigenvalue weighted by Gasteiger charge is -2.10. The fourth-order valence-electron chi connectivity index (χ4n) is 2.01. The monoisotopic (exact) mass is 205 g/mol. The van der Waals surface area contributed by atoms with Crippen molar-refractivity contribution in [1.82, 2.24) is 5.32 Å². The molecule has 1 unspecified atom stereocenters. The summed E-state index contributed by atoms with van der Waals surface area (Å²) >= 11 is 0. The van der Waals surface area contributed by atoms with E-state index in [2.05, 4.69) is 29.6 Å². The number of benzene rings is 1. The van der Waals surface area contributed by atoms with Crippen LogP contribution in [0.25, 0.3) is 0 Å². The first-order valence-electron chi connectivity index (χ1n) is 5.75. The number of hydrogen-bond acceptors (Lipinski definition) is 2. The van der Waals surface area contributed by atoms with Gasteiger partial charge in [-0.15, -0.1) is 0 Å². The molecular weight excluding hydrogens is 186 g/mol. The van der Waals surface area contributed by atoms with Gasteiger partial charge in [-0.3, -0.25) is 0 Å². The molecular formula is C13H19NO. The molecule has 1 aliphatic rings. The smallest absolute Gasteiger partial charge is 0.0825 e. The van der Waals surface area contributed by atoms with Crippen LogP contribution in [-0.4, -0.2) is 20.2 Å². The van der Waals surface area contributed by atoms with Crippen molar-refractivity contribution in [1.29, 1.82) is 0 Å². The van der Waals surface area contributed by atoms with Crippen LogP contribution < -0.4 is 5.32 Å². The van der Waals surface area contributed by atoms with Crippen molar-refractivity contribution in [3.8, 4) is 0 Å². The fourth-order valence-corrected chi connectivity index (χ4v) is 2.01. The highest BCUT2D eigenvalue weighted by atomic mass is 16.5. The number of ether oxygens (including phenoxy) is 1. The Balaban J connectivity index is 1.96. The van der Waals surface area contributed by atoms with Crippen LogP contribution in [0.5, 0.6) is 0 Å². The first kappa shape index (κ1) is 10.7. The Morgan fingerprint density at radius 2 is 2.13 bits per heavy atom. The first-order chi connectivity index (χ1) is 7.40. The van der Waals surface area contributed by atoms with Crippen molar-refractivity contribution in [2.75, 3.05) is 20.2 Å². The summed E-state index contributed by atoms with van der Waals surface area (Å²) in [5, 5.41) is 3.16. The van der Waals surface area contributed by atoms with Crippen LogP contribution in [0, 0.1) is 0 Å². The predicted octanol–water partition coefficient (Wildman–Crippen LogP) is 2.30. The largest absolute Gasteiger partial charge is 0.374 e. The molecule has 1 aromatic rings. The summed E-state index contributed by atoms with van der Waals surface area (Å²) in [5.74, 6) is 0. The summed E-state index contributed by atoms with van der Waals surface area (Å²) in [6.45, 7) is 1.96. The van der Waals surface area contributed by atoms with Crippen molar-refractivity contribution < 1.29 is 4.74 Å². The Kier molecular flexibility index (Phi) is 3.75. The molecule has 15 heavy (non-hydrogen) atoms. The van der Waals surface area contributed by atoms with Gasteiger partial charge in [-0.25, -0.2) is 0 Å². The lowest BCUT2D eigenvalue weighted by Crippen LogP contribution is -2.10. The van der Waals surface area contributed by atoms with E-state index < -0.39 is 0 Å². The maximum absolute atomic E-state index is 5.65. The van der Waals surface area contributed by atoms with Gasteiger partial charge >= 0.3 is 0 Å². The van der Waals surface area contributed by atoms with E-state index in [0.717, 1.165) is 19.6 Å². The third-order valence-corrected chi connectivity index (χ3v) is 2.94. The molecule has 0 aromatic heterocycles. The average molecular weight is 205 g/mol. The quantitative estimate of drug-likeness (QED) is 0.814. The molecule has 2 nitrogen and oxygen atoms in total. The van der Waals surface area contributed by atoms with Crippen molar-refractivity contribution in [2.45, 2.75) is 25.4 Å². The molecule has 2 heteroatoms. The molecule has 0 aliphatic carbocycles. The predicted molar refractivity (Wildman–Crippen MR) is 62.0 cm³/mol. The second-order valence-electron chi connectivity index (χ2n) is 4.10. The molecule has 0 spiro atoms. The summed E-state index contributed by atoms with van der Waals surface area (Å²) in [4.78, 5) is 0. The Labute approximate surface area is 91.6 Å². The zero-order valence-corrected chi connectivity index (χ0v) is 9.33. The van der Waals surface area contributed by atoms with Crippen molar-refractivity contribution in [3.63, 3.8) is 0 Å². The summed E-state index contributed by atoms with van der Waals surface area (Å²) in [7, 11) is 1.99. The van der Waals surface area contributed by atoms with Crippen LogP contribution in [0.2, 0.25) is 0 Å². The van der Waals surface area contributed by atoms with Gasteiger partial charge in [0.2, 0.25) is 0 Å². The molecule has 1 fully saturated rings. The Bertz CT molecular complexity index is 288. The van der Waals surface area contributed by atoms with Crippen LogP contribution in [0.4, 0.5) is 0 Å². The minimum absolute atomic E-state index is 0.350. The first-order valence-corrected chi connectivity index (χ1v) is 5.75. The van der Waals surface area contributed by atoms with Gasteiger partial charge in [0.25, 0.3) is 0 Å². The minimum Gasteiger partial charge on any atom is -0.374 e.